The van der Waals surface area contributed by atoms with Gasteiger partial charge in [0, 0.05) is 38.5 Å². The molecule has 19 heavy (non-hydrogen) atoms. The van der Waals surface area contributed by atoms with Gasteiger partial charge in [-0.05, 0) is 24.1 Å². The van der Waals surface area contributed by atoms with E-state index >= 15 is 0 Å². The fraction of sp³-hybridized carbons (Fsp3) is 0.500. The van der Waals surface area contributed by atoms with Crippen molar-refractivity contribution < 1.29 is 9.53 Å². The fourth-order valence-electron chi connectivity index (χ4n) is 1.72. The third-order valence-corrected chi connectivity index (χ3v) is 2.95. The summed E-state index contributed by atoms with van der Waals surface area (Å²) in [6, 6.07) is 5.24. The number of nitrogens with one attached hydrogen (secondary N) is 1. The molecule has 1 amide bonds. The number of nitrogens with zero attached hydrogens (tertiary/aromatic N) is 1. The Morgan fingerprint density at radius 1 is 1.47 bits per heavy atom. The number of hydrogen-bond acceptors (Lipinski definition) is 3. The molecule has 4 nitrogen and oxygen atoms in total. The fourth-order valence-corrected chi connectivity index (χ4v) is 1.89. The van der Waals surface area contributed by atoms with Crippen molar-refractivity contribution in [2.24, 2.45) is 5.92 Å². The van der Waals surface area contributed by atoms with E-state index in [0.717, 1.165) is 12.2 Å². The van der Waals surface area contributed by atoms with Crippen LogP contribution in [-0.2, 0) is 4.74 Å². The zero-order valence-corrected chi connectivity index (χ0v) is 12.6. The molecule has 0 radical (unpaired) electrons. The van der Waals surface area contributed by atoms with Gasteiger partial charge in [-0.25, -0.2) is 0 Å². The van der Waals surface area contributed by atoms with E-state index in [4.69, 9.17) is 16.3 Å². The van der Waals surface area contributed by atoms with Crippen molar-refractivity contribution >= 4 is 23.2 Å². The second kappa shape index (κ2) is 7.36. The second-order valence-electron chi connectivity index (χ2n) is 4.83. The van der Waals surface area contributed by atoms with Crippen molar-refractivity contribution in [3.8, 4) is 0 Å². The molecule has 1 aromatic carbocycles. The highest BCUT2D eigenvalue weighted by Gasteiger charge is 2.14. The molecule has 0 saturated carbocycles. The molecule has 0 aliphatic rings. The predicted molar refractivity (Wildman–Crippen MR) is 79.0 cm³/mol. The highest BCUT2D eigenvalue weighted by atomic mass is 35.5. The van der Waals surface area contributed by atoms with E-state index in [9.17, 15) is 4.79 Å². The summed E-state index contributed by atoms with van der Waals surface area (Å²) in [6.45, 7) is 3.47. The monoisotopic (exact) mass is 284 g/mol. The lowest BCUT2D eigenvalue weighted by molar-refractivity contribution is 0.0828. The van der Waals surface area contributed by atoms with Gasteiger partial charge in [-0.15, -0.1) is 0 Å². The first-order valence-corrected chi connectivity index (χ1v) is 6.57. The Balaban J connectivity index is 2.85. The summed E-state index contributed by atoms with van der Waals surface area (Å²) in [5.41, 5.74) is 1.38. The number of anilines is 1. The Hall–Kier alpha value is -1.26. The zero-order valence-electron chi connectivity index (χ0n) is 11.9. The molecule has 1 N–H and O–H groups in total. The predicted octanol–water partition coefficient (Wildman–Crippen LogP) is 2.74. The highest BCUT2D eigenvalue weighted by Crippen LogP contribution is 2.22. The van der Waals surface area contributed by atoms with E-state index in [-0.39, 0.29) is 5.91 Å². The highest BCUT2D eigenvalue weighted by molar-refractivity contribution is 6.31. The molecule has 106 valence electrons. The second-order valence-corrected chi connectivity index (χ2v) is 5.27. The number of halogens is 1. The number of rotatable bonds is 6. The van der Waals surface area contributed by atoms with Gasteiger partial charge in [0.2, 0.25) is 0 Å². The Morgan fingerprint density at radius 3 is 2.74 bits per heavy atom. The van der Waals surface area contributed by atoms with E-state index in [2.05, 4.69) is 12.2 Å². The number of ether oxygens (including phenoxy) is 1. The SMILES string of the molecule is COCC(C)CNc1cc(Cl)ccc1C(=O)N(C)C. The van der Waals surface area contributed by atoms with Crippen LogP contribution in [0.25, 0.3) is 0 Å². The quantitative estimate of drug-likeness (QED) is 0.873. The maximum atomic E-state index is 12.1. The van der Waals surface area contributed by atoms with E-state index < -0.39 is 0 Å². The smallest absolute Gasteiger partial charge is 0.255 e. The van der Waals surface area contributed by atoms with Crippen LogP contribution in [0.3, 0.4) is 0 Å². The van der Waals surface area contributed by atoms with Gasteiger partial charge < -0.3 is 15.0 Å². The van der Waals surface area contributed by atoms with Crippen molar-refractivity contribution in [3.63, 3.8) is 0 Å². The number of methoxy groups -OCH3 is 1. The van der Waals surface area contributed by atoms with E-state index in [1.54, 1.807) is 44.3 Å². The largest absolute Gasteiger partial charge is 0.384 e. The van der Waals surface area contributed by atoms with Crippen LogP contribution in [0.5, 0.6) is 0 Å². The Labute approximate surface area is 119 Å². The minimum absolute atomic E-state index is 0.0430. The van der Waals surface area contributed by atoms with Crippen LogP contribution in [0.4, 0.5) is 5.69 Å². The number of benzene rings is 1. The molecule has 0 aliphatic carbocycles. The van der Waals surface area contributed by atoms with Crippen molar-refractivity contribution in [1.82, 2.24) is 4.90 Å². The molecule has 1 unspecified atom stereocenters. The Morgan fingerprint density at radius 2 is 2.16 bits per heavy atom. The normalized spacial score (nSPS) is 12.1. The summed E-state index contributed by atoms with van der Waals surface area (Å²) < 4.78 is 5.09. The summed E-state index contributed by atoms with van der Waals surface area (Å²) in [4.78, 5) is 13.6. The summed E-state index contributed by atoms with van der Waals surface area (Å²) in [6.07, 6.45) is 0. The number of amides is 1. The summed E-state index contributed by atoms with van der Waals surface area (Å²) >= 11 is 5.99. The molecule has 0 aromatic heterocycles. The maximum absolute atomic E-state index is 12.1. The van der Waals surface area contributed by atoms with Crippen molar-refractivity contribution in [2.45, 2.75) is 6.92 Å². The molecule has 0 bridgehead atoms. The summed E-state index contributed by atoms with van der Waals surface area (Å²) in [5, 5.41) is 3.87. The molecule has 1 atom stereocenters. The standard InChI is InChI=1S/C14H21ClN2O2/c1-10(9-19-4)8-16-13-7-11(15)5-6-12(13)14(18)17(2)3/h5-7,10,16H,8-9H2,1-4H3. The average Bonchev–Trinajstić information content (AvgIpc) is 2.36. The van der Waals surface area contributed by atoms with Gasteiger partial charge in [0.25, 0.3) is 5.91 Å². The lowest BCUT2D eigenvalue weighted by Gasteiger charge is -2.17. The molecule has 0 saturated heterocycles. The molecule has 1 aromatic rings. The molecule has 0 heterocycles. The van der Waals surface area contributed by atoms with Gasteiger partial charge in [0.05, 0.1) is 12.2 Å². The molecule has 1 rings (SSSR count). The van der Waals surface area contributed by atoms with Crippen LogP contribution < -0.4 is 5.32 Å². The van der Waals surface area contributed by atoms with Gasteiger partial charge in [0.1, 0.15) is 0 Å². The van der Waals surface area contributed by atoms with Gasteiger partial charge in [-0.2, -0.15) is 0 Å². The van der Waals surface area contributed by atoms with Crippen LogP contribution >= 0.6 is 11.6 Å². The molecule has 0 fully saturated rings. The Bertz CT molecular complexity index is 435. The Kier molecular flexibility index (Phi) is 6.12. The average molecular weight is 285 g/mol. The van der Waals surface area contributed by atoms with Crippen molar-refractivity contribution in [3.05, 3.63) is 28.8 Å². The first-order valence-electron chi connectivity index (χ1n) is 6.19. The van der Waals surface area contributed by atoms with Crippen molar-refractivity contribution in [2.75, 3.05) is 39.7 Å². The van der Waals surface area contributed by atoms with E-state index in [1.165, 1.54) is 0 Å². The number of carbonyl (C=O) groups excluding carboxylic acids is 1. The van der Waals surface area contributed by atoms with Gasteiger partial charge in [0.15, 0.2) is 0 Å². The van der Waals surface area contributed by atoms with Crippen LogP contribution in [0.15, 0.2) is 18.2 Å². The summed E-state index contributed by atoms with van der Waals surface area (Å²) in [5.74, 6) is 0.310. The third kappa shape index (κ3) is 4.73. The minimum Gasteiger partial charge on any atom is -0.384 e. The van der Waals surface area contributed by atoms with E-state index in [1.807, 2.05) is 0 Å². The minimum atomic E-state index is -0.0430. The molecule has 5 heteroatoms. The molecular weight excluding hydrogens is 264 g/mol. The lowest BCUT2D eigenvalue weighted by Crippen LogP contribution is -2.24. The molecular formula is C14H21ClN2O2. The van der Waals surface area contributed by atoms with Crippen LogP contribution in [0, 0.1) is 5.92 Å². The lowest BCUT2D eigenvalue weighted by atomic mass is 10.1. The zero-order chi connectivity index (χ0) is 14.4. The molecule has 0 aliphatic heterocycles. The topological polar surface area (TPSA) is 41.6 Å². The molecule has 0 spiro atoms. The van der Waals surface area contributed by atoms with Gasteiger partial charge in [-0.1, -0.05) is 18.5 Å². The number of hydrogen-bond donors (Lipinski definition) is 1. The van der Waals surface area contributed by atoms with Crippen LogP contribution in [0.1, 0.15) is 17.3 Å². The van der Waals surface area contributed by atoms with Gasteiger partial charge >= 0.3 is 0 Å². The van der Waals surface area contributed by atoms with E-state index in [0.29, 0.717) is 23.1 Å². The van der Waals surface area contributed by atoms with Crippen LogP contribution in [-0.4, -0.2) is 45.2 Å². The summed E-state index contributed by atoms with van der Waals surface area (Å²) in [7, 11) is 5.14. The van der Waals surface area contributed by atoms with Crippen LogP contribution in [0.2, 0.25) is 5.02 Å². The van der Waals surface area contributed by atoms with Gasteiger partial charge in [-0.3, -0.25) is 4.79 Å². The third-order valence-electron chi connectivity index (χ3n) is 2.71. The first kappa shape index (κ1) is 15.8. The first-order chi connectivity index (χ1) is 8.95. The number of carbonyl (C=O) groups is 1. The van der Waals surface area contributed by atoms with Crippen molar-refractivity contribution in [1.29, 1.82) is 0 Å². The maximum Gasteiger partial charge on any atom is 0.255 e.